The first kappa shape index (κ1) is 22.6. The molecule has 1 radical (unpaired) electrons. The Labute approximate surface area is 181 Å². The molecule has 1 aromatic carbocycles. The van der Waals surface area contributed by atoms with E-state index in [4.69, 9.17) is 9.47 Å². The molecule has 0 aliphatic carbocycles. The van der Waals surface area contributed by atoms with Gasteiger partial charge in [0.1, 0.15) is 12.4 Å². The molecule has 9 heteroatoms. The van der Waals surface area contributed by atoms with Crippen LogP contribution in [0.1, 0.15) is 0 Å². The molecule has 0 atom stereocenters. The second-order valence-electron chi connectivity index (χ2n) is 4.77. The van der Waals surface area contributed by atoms with Gasteiger partial charge in [0.2, 0.25) is 5.56 Å². The summed E-state index contributed by atoms with van der Waals surface area (Å²) < 4.78 is 51.1. The Hall–Kier alpha value is -0.446. The summed E-state index contributed by atoms with van der Waals surface area (Å²) in [5.41, 5.74) is -0.630. The number of hydrogen-bond acceptors (Lipinski definition) is 3. The van der Waals surface area contributed by atoms with Crippen LogP contribution in [-0.4, -0.2) is 31.3 Å². The Balaban J connectivity index is 0.00000312. The van der Waals surface area contributed by atoms with E-state index in [-0.39, 0.29) is 59.9 Å². The minimum absolute atomic E-state index is 0. The van der Waals surface area contributed by atoms with Crippen LogP contribution in [-0.2, 0) is 44.0 Å². The van der Waals surface area contributed by atoms with Crippen LogP contribution in [0.25, 0.3) is 11.3 Å². The molecule has 0 unspecified atom stereocenters. The van der Waals surface area contributed by atoms with Gasteiger partial charge in [-0.05, 0) is 9.64 Å². The van der Waals surface area contributed by atoms with E-state index in [0.29, 0.717) is 6.61 Å². The first-order valence-corrected chi connectivity index (χ1v) is 8.02. The van der Waals surface area contributed by atoms with Crippen LogP contribution >= 0.6 is 22.6 Å². The van der Waals surface area contributed by atoms with E-state index in [2.05, 4.69) is 6.07 Å². The molecule has 0 spiro atoms. The third-order valence-corrected chi connectivity index (χ3v) is 3.90. The van der Waals surface area contributed by atoms with Gasteiger partial charge in [-0.2, -0.15) is 12.1 Å². The van der Waals surface area contributed by atoms with E-state index < -0.39 is 24.3 Å². The summed E-state index contributed by atoms with van der Waals surface area (Å²) in [6.45, 7) is -0.226. The summed E-state index contributed by atoms with van der Waals surface area (Å²) in [5.74, 6) is -0.411. The molecule has 0 fully saturated rings. The molecule has 25 heavy (non-hydrogen) atoms. The molecule has 2 rings (SSSR count). The molecule has 0 aliphatic heterocycles. The fraction of sp³-hybridized carbons (Fsp3) is 0.312. The van der Waals surface area contributed by atoms with E-state index in [1.54, 1.807) is 22.6 Å². The zero-order valence-corrected chi connectivity index (χ0v) is 18.3. The maximum Gasteiger partial charge on any atom is 0.256 e. The van der Waals surface area contributed by atoms with E-state index >= 15 is 0 Å². The van der Waals surface area contributed by atoms with Gasteiger partial charge in [-0.25, -0.2) is 13.2 Å². The van der Waals surface area contributed by atoms with E-state index in [0.717, 1.165) is 10.6 Å². The fourth-order valence-electron chi connectivity index (χ4n) is 2.06. The van der Waals surface area contributed by atoms with Gasteiger partial charge in [0.15, 0.2) is 0 Å². The first-order chi connectivity index (χ1) is 11.4. The summed E-state index contributed by atoms with van der Waals surface area (Å²) in [5, 5.41) is 0. The topological polar surface area (TPSA) is 40.5 Å². The standard InChI is InChI=1S/C16H14F3INO3.Y/c1-23-6-7-24-10-2-3-11(12(17)8-10)14-5-4-13(20)16(22)21(14)9-15(18)19;/h2-4,8,15H,6-7,9H2,1H3;/q-1;. The minimum Gasteiger partial charge on any atom is -0.491 e. The normalized spacial score (nSPS) is 10.6. The van der Waals surface area contributed by atoms with Crippen molar-refractivity contribution >= 4 is 22.6 Å². The summed E-state index contributed by atoms with van der Waals surface area (Å²) in [7, 11) is 1.52. The number of nitrogens with zero attached hydrogens (tertiary/aromatic N) is 1. The first-order valence-electron chi connectivity index (χ1n) is 6.95. The van der Waals surface area contributed by atoms with Crippen LogP contribution in [0.15, 0.2) is 29.1 Å². The molecule has 0 aliphatic rings. The van der Waals surface area contributed by atoms with Gasteiger partial charge in [0.25, 0.3) is 6.43 Å². The summed E-state index contributed by atoms with van der Waals surface area (Å²) in [6.07, 6.45) is -2.74. The Kier molecular flexibility index (Phi) is 9.62. The van der Waals surface area contributed by atoms with E-state index in [1.807, 2.05) is 0 Å². The number of ether oxygens (including phenoxy) is 2. The Morgan fingerprint density at radius 2 is 2.04 bits per heavy atom. The molecule has 0 bridgehead atoms. The number of halogens is 4. The molecule has 4 nitrogen and oxygen atoms in total. The predicted molar refractivity (Wildman–Crippen MR) is 91.0 cm³/mol. The third kappa shape index (κ3) is 6.04. The van der Waals surface area contributed by atoms with Crippen LogP contribution in [0, 0.1) is 15.5 Å². The smallest absolute Gasteiger partial charge is 0.256 e. The summed E-state index contributed by atoms with van der Waals surface area (Å²) >= 11 is 1.73. The van der Waals surface area contributed by atoms with Crippen LogP contribution in [0.3, 0.4) is 0 Å². The molecular weight excluding hydrogens is 527 g/mol. The van der Waals surface area contributed by atoms with Crippen molar-refractivity contribution in [3.05, 3.63) is 50.1 Å². The molecule has 0 saturated heterocycles. The van der Waals surface area contributed by atoms with E-state index in [1.165, 1.54) is 25.3 Å². The van der Waals surface area contributed by atoms with Crippen LogP contribution in [0.2, 0.25) is 0 Å². The maximum atomic E-state index is 14.4. The van der Waals surface area contributed by atoms with Gasteiger partial charge in [-0.3, -0.25) is 4.79 Å². The van der Waals surface area contributed by atoms with Crippen molar-refractivity contribution < 1.29 is 55.4 Å². The molecule has 0 N–H and O–H groups in total. The molecule has 1 aromatic heterocycles. The minimum atomic E-state index is -2.74. The monoisotopic (exact) mass is 541 g/mol. The van der Waals surface area contributed by atoms with Crippen molar-refractivity contribution in [3.8, 4) is 17.0 Å². The second kappa shape index (κ2) is 10.6. The van der Waals surface area contributed by atoms with Crippen molar-refractivity contribution in [1.82, 2.24) is 4.57 Å². The van der Waals surface area contributed by atoms with Crippen molar-refractivity contribution in [2.24, 2.45) is 0 Å². The van der Waals surface area contributed by atoms with E-state index in [9.17, 15) is 18.0 Å². The second-order valence-corrected chi connectivity index (χ2v) is 5.94. The number of alkyl halides is 2. The van der Waals surface area contributed by atoms with Gasteiger partial charge in [0.05, 0.1) is 19.0 Å². The maximum absolute atomic E-state index is 14.4. The van der Waals surface area contributed by atoms with Gasteiger partial charge in [-0.1, -0.05) is 11.3 Å². The predicted octanol–water partition coefficient (Wildman–Crippen LogP) is 3.35. The van der Waals surface area contributed by atoms with Crippen molar-refractivity contribution in [2.75, 3.05) is 20.3 Å². The van der Waals surface area contributed by atoms with Crippen LogP contribution < -0.4 is 10.3 Å². The van der Waals surface area contributed by atoms with Gasteiger partial charge < -0.3 is 14.0 Å². The SMILES string of the molecule is COCCOc1ccc(-c2[c-]cc(I)c(=O)n2CC(F)F)c(F)c1.[Y]. The fourth-order valence-corrected chi connectivity index (χ4v) is 2.50. The Bertz CT molecular complexity index is 771. The number of benzene rings is 1. The Morgan fingerprint density at radius 1 is 1.32 bits per heavy atom. The van der Waals surface area contributed by atoms with Crippen molar-refractivity contribution in [3.63, 3.8) is 0 Å². The molecule has 133 valence electrons. The van der Waals surface area contributed by atoms with Crippen LogP contribution in [0.5, 0.6) is 5.75 Å². The number of hydrogen-bond donors (Lipinski definition) is 0. The largest absolute Gasteiger partial charge is 0.491 e. The molecule has 2 aromatic rings. The zero-order chi connectivity index (χ0) is 17.7. The quantitative estimate of drug-likeness (QED) is 0.307. The number of rotatable bonds is 7. The summed E-state index contributed by atoms with van der Waals surface area (Å²) in [6, 6.07) is 8.05. The molecular formula is C16H14F3INO3Y-. The average molecular weight is 541 g/mol. The summed E-state index contributed by atoms with van der Waals surface area (Å²) in [4.78, 5) is 12.1. The number of methoxy groups -OCH3 is 1. The molecule has 0 amide bonds. The van der Waals surface area contributed by atoms with Gasteiger partial charge in [0, 0.05) is 45.9 Å². The molecule has 1 heterocycles. The Morgan fingerprint density at radius 3 is 2.64 bits per heavy atom. The van der Waals surface area contributed by atoms with Crippen molar-refractivity contribution in [2.45, 2.75) is 13.0 Å². The number of pyridine rings is 1. The van der Waals surface area contributed by atoms with Gasteiger partial charge >= 0.3 is 0 Å². The van der Waals surface area contributed by atoms with Crippen LogP contribution in [0.4, 0.5) is 13.2 Å². The zero-order valence-electron chi connectivity index (χ0n) is 13.3. The average Bonchev–Trinajstić information content (AvgIpc) is 2.53. The molecule has 0 saturated carbocycles. The number of aromatic nitrogens is 1. The third-order valence-electron chi connectivity index (χ3n) is 3.13. The van der Waals surface area contributed by atoms with Gasteiger partial charge in [-0.15, -0.1) is 28.7 Å². The van der Waals surface area contributed by atoms with Crippen molar-refractivity contribution in [1.29, 1.82) is 0 Å².